The summed E-state index contributed by atoms with van der Waals surface area (Å²) in [5, 5.41) is 0.908. The fourth-order valence-corrected chi connectivity index (χ4v) is 2.41. The van der Waals surface area contributed by atoms with Gasteiger partial charge >= 0.3 is 0 Å². The van der Waals surface area contributed by atoms with Gasteiger partial charge in [0, 0.05) is 11.1 Å². The van der Waals surface area contributed by atoms with Crippen molar-refractivity contribution in [2.24, 2.45) is 0 Å². The molecule has 0 aliphatic carbocycles. The molecule has 1 aromatic carbocycles. The van der Waals surface area contributed by atoms with Gasteiger partial charge in [0.1, 0.15) is 10.3 Å². The molecule has 0 spiro atoms. The minimum absolute atomic E-state index is 0.454. The highest BCUT2D eigenvalue weighted by molar-refractivity contribution is 6.34. The first-order valence-electron chi connectivity index (χ1n) is 5.91. The lowest BCUT2D eigenvalue weighted by atomic mass is 10.1. The van der Waals surface area contributed by atoms with Crippen LogP contribution in [0.1, 0.15) is 24.5 Å². The topological polar surface area (TPSA) is 25.8 Å². The van der Waals surface area contributed by atoms with E-state index in [0.29, 0.717) is 16.1 Å². The zero-order valence-corrected chi connectivity index (χ0v) is 11.9. The third-order valence-corrected chi connectivity index (χ3v) is 3.42. The predicted octanol–water partition coefficient (Wildman–Crippen LogP) is 4.71. The third-order valence-electron chi connectivity index (χ3n) is 2.79. The van der Waals surface area contributed by atoms with Crippen molar-refractivity contribution in [3.05, 3.63) is 45.7 Å². The van der Waals surface area contributed by atoms with E-state index in [1.165, 1.54) is 0 Å². The standard InChI is InChI=1S/C14H14Cl2N2/c1-3-6-11-12(15)17-14(18-13(11)16)10-8-5-4-7-9(10)2/h4-5,7-8H,3,6H2,1-2H3. The maximum absolute atomic E-state index is 6.18. The Bertz CT molecular complexity index is 544. The molecule has 2 nitrogen and oxygen atoms in total. The molecule has 0 bridgehead atoms. The Hall–Kier alpha value is -1.12. The minimum atomic E-state index is 0.454. The average Bonchev–Trinajstić information content (AvgIpc) is 2.34. The van der Waals surface area contributed by atoms with Crippen molar-refractivity contribution in [3.63, 3.8) is 0 Å². The van der Waals surface area contributed by atoms with Crippen LogP contribution in [0, 0.1) is 6.92 Å². The molecule has 0 aliphatic rings. The highest BCUT2D eigenvalue weighted by atomic mass is 35.5. The lowest BCUT2D eigenvalue weighted by Crippen LogP contribution is -1.98. The van der Waals surface area contributed by atoms with Crippen LogP contribution in [0.4, 0.5) is 0 Å². The van der Waals surface area contributed by atoms with E-state index >= 15 is 0 Å². The Balaban J connectivity index is 2.52. The number of aryl methyl sites for hydroxylation is 1. The van der Waals surface area contributed by atoms with E-state index in [4.69, 9.17) is 23.2 Å². The Morgan fingerprint density at radius 3 is 2.22 bits per heavy atom. The molecule has 2 rings (SSSR count). The van der Waals surface area contributed by atoms with Crippen molar-refractivity contribution in [1.82, 2.24) is 9.97 Å². The molecule has 4 heteroatoms. The van der Waals surface area contributed by atoms with Gasteiger partial charge in [-0.2, -0.15) is 0 Å². The third kappa shape index (κ3) is 2.65. The fraction of sp³-hybridized carbons (Fsp3) is 0.286. The van der Waals surface area contributed by atoms with E-state index in [1.807, 2.05) is 31.2 Å². The van der Waals surface area contributed by atoms with E-state index in [0.717, 1.165) is 29.5 Å². The summed E-state index contributed by atoms with van der Waals surface area (Å²) in [6, 6.07) is 7.91. The molecule has 0 amide bonds. The molecule has 94 valence electrons. The first kappa shape index (κ1) is 13.3. The van der Waals surface area contributed by atoms with Crippen LogP contribution in [0.3, 0.4) is 0 Å². The number of halogens is 2. The van der Waals surface area contributed by atoms with Gasteiger partial charge < -0.3 is 0 Å². The summed E-state index contributed by atoms with van der Waals surface area (Å²) in [4.78, 5) is 8.71. The summed E-state index contributed by atoms with van der Waals surface area (Å²) in [6.45, 7) is 4.09. The molecule has 0 atom stereocenters. The van der Waals surface area contributed by atoms with Crippen molar-refractivity contribution in [3.8, 4) is 11.4 Å². The van der Waals surface area contributed by atoms with Gasteiger partial charge in [-0.05, 0) is 18.9 Å². The van der Waals surface area contributed by atoms with Crippen molar-refractivity contribution >= 4 is 23.2 Å². The Labute approximate surface area is 117 Å². The number of hydrogen-bond acceptors (Lipinski definition) is 2. The van der Waals surface area contributed by atoms with Crippen molar-refractivity contribution in [2.45, 2.75) is 26.7 Å². The van der Waals surface area contributed by atoms with Gasteiger partial charge in [-0.3, -0.25) is 0 Å². The summed E-state index contributed by atoms with van der Waals surface area (Å²) < 4.78 is 0. The van der Waals surface area contributed by atoms with E-state index in [9.17, 15) is 0 Å². The van der Waals surface area contributed by atoms with Crippen molar-refractivity contribution in [2.75, 3.05) is 0 Å². The van der Waals surface area contributed by atoms with Gasteiger partial charge in [0.05, 0.1) is 0 Å². The SMILES string of the molecule is CCCc1c(Cl)nc(-c2ccccc2C)nc1Cl. The summed E-state index contributed by atoms with van der Waals surface area (Å²) in [5.41, 5.74) is 2.90. The second-order valence-corrected chi connectivity index (χ2v) is 4.89. The molecule has 0 aliphatic heterocycles. The molecule has 1 aromatic heterocycles. The maximum Gasteiger partial charge on any atom is 0.162 e. The second kappa shape index (κ2) is 5.68. The van der Waals surface area contributed by atoms with Crippen LogP contribution < -0.4 is 0 Å². The van der Waals surface area contributed by atoms with Crippen LogP contribution in [-0.2, 0) is 6.42 Å². The molecule has 0 unspecified atom stereocenters. The van der Waals surface area contributed by atoms with Gasteiger partial charge in [0.15, 0.2) is 5.82 Å². The highest BCUT2D eigenvalue weighted by Gasteiger charge is 2.13. The summed E-state index contributed by atoms with van der Waals surface area (Å²) in [5.74, 6) is 0.586. The van der Waals surface area contributed by atoms with Crippen LogP contribution in [-0.4, -0.2) is 9.97 Å². The lowest BCUT2D eigenvalue weighted by molar-refractivity contribution is 0.902. The Kier molecular flexibility index (Phi) is 4.20. The van der Waals surface area contributed by atoms with E-state index in [2.05, 4.69) is 16.9 Å². The Morgan fingerprint density at radius 2 is 1.67 bits per heavy atom. The minimum Gasteiger partial charge on any atom is -0.216 e. The van der Waals surface area contributed by atoms with Crippen LogP contribution >= 0.6 is 23.2 Å². The molecule has 2 aromatic rings. The average molecular weight is 281 g/mol. The molecule has 18 heavy (non-hydrogen) atoms. The molecular weight excluding hydrogens is 267 g/mol. The first-order chi connectivity index (χ1) is 8.63. The highest BCUT2D eigenvalue weighted by Crippen LogP contribution is 2.27. The summed E-state index contributed by atoms with van der Waals surface area (Å²) >= 11 is 12.4. The quantitative estimate of drug-likeness (QED) is 0.761. The van der Waals surface area contributed by atoms with E-state index in [1.54, 1.807) is 0 Å². The van der Waals surface area contributed by atoms with Crippen LogP contribution in [0.5, 0.6) is 0 Å². The van der Waals surface area contributed by atoms with Crippen LogP contribution in [0.2, 0.25) is 10.3 Å². The number of aromatic nitrogens is 2. The zero-order chi connectivity index (χ0) is 13.1. The van der Waals surface area contributed by atoms with Gasteiger partial charge in [-0.1, -0.05) is 60.8 Å². The van der Waals surface area contributed by atoms with Crippen molar-refractivity contribution < 1.29 is 0 Å². The normalized spacial score (nSPS) is 10.7. The number of rotatable bonds is 3. The van der Waals surface area contributed by atoms with Crippen LogP contribution in [0.25, 0.3) is 11.4 Å². The number of nitrogens with zero attached hydrogens (tertiary/aromatic N) is 2. The van der Waals surface area contributed by atoms with Gasteiger partial charge in [0.2, 0.25) is 0 Å². The van der Waals surface area contributed by atoms with E-state index in [-0.39, 0.29) is 0 Å². The van der Waals surface area contributed by atoms with Gasteiger partial charge in [-0.15, -0.1) is 0 Å². The second-order valence-electron chi connectivity index (χ2n) is 4.17. The summed E-state index contributed by atoms with van der Waals surface area (Å²) in [6.07, 6.45) is 1.76. The summed E-state index contributed by atoms with van der Waals surface area (Å²) in [7, 11) is 0. The fourth-order valence-electron chi connectivity index (χ4n) is 1.83. The van der Waals surface area contributed by atoms with Crippen molar-refractivity contribution in [1.29, 1.82) is 0 Å². The molecule has 0 saturated carbocycles. The number of hydrogen-bond donors (Lipinski definition) is 0. The Morgan fingerprint density at radius 1 is 1.06 bits per heavy atom. The van der Waals surface area contributed by atoms with Gasteiger partial charge in [-0.25, -0.2) is 9.97 Å². The smallest absolute Gasteiger partial charge is 0.162 e. The molecule has 0 saturated heterocycles. The van der Waals surface area contributed by atoms with E-state index < -0.39 is 0 Å². The molecule has 1 heterocycles. The van der Waals surface area contributed by atoms with Gasteiger partial charge in [0.25, 0.3) is 0 Å². The largest absolute Gasteiger partial charge is 0.216 e. The zero-order valence-electron chi connectivity index (χ0n) is 10.4. The monoisotopic (exact) mass is 280 g/mol. The van der Waals surface area contributed by atoms with Crippen LogP contribution in [0.15, 0.2) is 24.3 Å². The maximum atomic E-state index is 6.18. The molecular formula is C14H14Cl2N2. The predicted molar refractivity (Wildman–Crippen MR) is 76.2 cm³/mol. The molecule has 0 fully saturated rings. The lowest BCUT2D eigenvalue weighted by Gasteiger charge is -2.09. The number of benzene rings is 1. The molecule has 0 N–H and O–H groups in total. The first-order valence-corrected chi connectivity index (χ1v) is 6.67. The molecule has 0 radical (unpaired) electrons.